The zero-order chi connectivity index (χ0) is 14.5. The number of halogens is 2. The summed E-state index contributed by atoms with van der Waals surface area (Å²) >= 11 is 9.29. The molecule has 1 N–H and O–H groups in total. The lowest BCUT2D eigenvalue weighted by atomic mass is 10.1. The average molecular weight is 352 g/mol. The molecule has 0 aliphatic carbocycles. The van der Waals surface area contributed by atoms with Gasteiger partial charge in [0.15, 0.2) is 5.78 Å². The fourth-order valence-corrected chi connectivity index (χ4v) is 2.12. The fourth-order valence-electron chi connectivity index (χ4n) is 1.63. The van der Waals surface area contributed by atoms with Crippen LogP contribution in [0.25, 0.3) is 0 Å². The largest absolute Gasteiger partial charge is 0.359 e. The second kappa shape index (κ2) is 6.68. The van der Waals surface area contributed by atoms with Gasteiger partial charge in [-0.05, 0) is 53.2 Å². The first-order valence-electron chi connectivity index (χ1n) is 5.91. The Morgan fingerprint density at radius 2 is 2.20 bits per heavy atom. The van der Waals surface area contributed by atoms with Gasteiger partial charge in [-0.2, -0.15) is 0 Å². The van der Waals surface area contributed by atoms with E-state index >= 15 is 0 Å². The Morgan fingerprint density at radius 1 is 1.40 bits per heavy atom. The monoisotopic (exact) mass is 350 g/mol. The maximum Gasteiger partial charge on any atom is 0.189 e. The minimum atomic E-state index is -0.0869. The minimum absolute atomic E-state index is 0.0869. The van der Waals surface area contributed by atoms with Crippen LogP contribution in [0.5, 0.6) is 0 Å². The van der Waals surface area contributed by atoms with Crippen molar-refractivity contribution in [3.05, 3.63) is 69.6 Å². The van der Waals surface area contributed by atoms with Crippen LogP contribution in [0.4, 0.5) is 5.69 Å². The number of nitrogens with one attached hydrogen (secondary N) is 1. The number of allylic oxidation sites excluding steroid dienone is 2. The van der Waals surface area contributed by atoms with Gasteiger partial charge in [0, 0.05) is 39.9 Å². The molecule has 20 heavy (non-hydrogen) atoms. The SMILES string of the molecule is CC(=CC(=O)c1cccnc1)Nc1ccc(Cl)c(Br)c1. The van der Waals surface area contributed by atoms with Crippen molar-refractivity contribution in [3.63, 3.8) is 0 Å². The summed E-state index contributed by atoms with van der Waals surface area (Å²) in [5.74, 6) is -0.0869. The van der Waals surface area contributed by atoms with Crippen LogP contribution in [-0.2, 0) is 0 Å². The summed E-state index contributed by atoms with van der Waals surface area (Å²) in [5.41, 5.74) is 2.16. The van der Waals surface area contributed by atoms with E-state index in [0.29, 0.717) is 10.6 Å². The van der Waals surface area contributed by atoms with Crippen LogP contribution in [-0.4, -0.2) is 10.8 Å². The van der Waals surface area contributed by atoms with E-state index in [4.69, 9.17) is 11.6 Å². The normalized spacial score (nSPS) is 11.2. The number of aromatic nitrogens is 1. The second-order valence-electron chi connectivity index (χ2n) is 4.19. The van der Waals surface area contributed by atoms with Gasteiger partial charge in [0.1, 0.15) is 0 Å². The molecule has 0 unspecified atom stereocenters. The number of hydrogen-bond acceptors (Lipinski definition) is 3. The van der Waals surface area contributed by atoms with Crippen molar-refractivity contribution >= 4 is 39.0 Å². The Balaban J connectivity index is 2.11. The Labute approximate surface area is 130 Å². The van der Waals surface area contributed by atoms with Gasteiger partial charge in [-0.3, -0.25) is 9.78 Å². The molecule has 3 nitrogen and oxygen atoms in total. The van der Waals surface area contributed by atoms with Crippen LogP contribution in [0, 0.1) is 0 Å². The van der Waals surface area contributed by atoms with E-state index in [1.807, 2.05) is 19.1 Å². The fraction of sp³-hybridized carbons (Fsp3) is 0.0667. The van der Waals surface area contributed by atoms with Crippen LogP contribution < -0.4 is 5.32 Å². The van der Waals surface area contributed by atoms with Crippen molar-refractivity contribution in [2.24, 2.45) is 0 Å². The summed E-state index contributed by atoms with van der Waals surface area (Å²) in [7, 11) is 0. The average Bonchev–Trinajstić information content (AvgIpc) is 2.44. The highest BCUT2D eigenvalue weighted by atomic mass is 79.9. The van der Waals surface area contributed by atoms with Crippen molar-refractivity contribution < 1.29 is 4.79 Å². The summed E-state index contributed by atoms with van der Waals surface area (Å²) in [6, 6.07) is 8.95. The molecule has 0 saturated carbocycles. The van der Waals surface area contributed by atoms with Gasteiger partial charge in [-0.25, -0.2) is 0 Å². The number of hydrogen-bond donors (Lipinski definition) is 1. The highest BCUT2D eigenvalue weighted by Crippen LogP contribution is 2.26. The number of pyridine rings is 1. The molecule has 0 amide bonds. The third kappa shape index (κ3) is 3.92. The van der Waals surface area contributed by atoms with Crippen LogP contribution in [0.3, 0.4) is 0 Å². The Bertz CT molecular complexity index is 656. The van der Waals surface area contributed by atoms with Crippen molar-refractivity contribution in [1.82, 2.24) is 4.98 Å². The van der Waals surface area contributed by atoms with Gasteiger partial charge < -0.3 is 5.32 Å². The zero-order valence-electron chi connectivity index (χ0n) is 10.7. The van der Waals surface area contributed by atoms with Crippen molar-refractivity contribution in [2.45, 2.75) is 6.92 Å². The van der Waals surface area contributed by atoms with Crippen molar-refractivity contribution in [1.29, 1.82) is 0 Å². The van der Waals surface area contributed by atoms with Crippen LogP contribution in [0.2, 0.25) is 5.02 Å². The first-order valence-corrected chi connectivity index (χ1v) is 7.08. The number of benzene rings is 1. The lowest BCUT2D eigenvalue weighted by molar-refractivity contribution is 0.104. The standard InChI is InChI=1S/C15H12BrClN2O/c1-10(7-15(20)11-3-2-6-18-9-11)19-12-4-5-14(17)13(16)8-12/h2-9,19H,1H3. The molecule has 2 aromatic rings. The summed E-state index contributed by atoms with van der Waals surface area (Å²) in [5, 5.41) is 3.78. The number of anilines is 1. The van der Waals surface area contributed by atoms with Gasteiger partial charge in [0.05, 0.1) is 5.02 Å². The lowest BCUT2D eigenvalue weighted by Gasteiger charge is -2.07. The molecular formula is C15H12BrClN2O. The number of ketones is 1. The van der Waals surface area contributed by atoms with Crippen LogP contribution in [0.1, 0.15) is 17.3 Å². The molecule has 0 radical (unpaired) electrons. The van der Waals surface area contributed by atoms with Crippen LogP contribution in [0.15, 0.2) is 59.0 Å². The molecule has 0 fully saturated rings. The molecule has 0 bridgehead atoms. The molecule has 2 rings (SSSR count). The number of nitrogens with zero attached hydrogens (tertiary/aromatic N) is 1. The molecule has 1 aromatic heterocycles. The second-order valence-corrected chi connectivity index (χ2v) is 5.45. The molecule has 0 aliphatic rings. The lowest BCUT2D eigenvalue weighted by Crippen LogP contribution is -2.01. The van der Waals surface area contributed by atoms with Crippen LogP contribution >= 0.6 is 27.5 Å². The van der Waals surface area contributed by atoms with Gasteiger partial charge in [-0.15, -0.1) is 0 Å². The molecule has 0 aliphatic heterocycles. The number of carbonyl (C=O) groups is 1. The van der Waals surface area contributed by atoms with Gasteiger partial charge in [-0.1, -0.05) is 11.6 Å². The molecule has 102 valence electrons. The predicted octanol–water partition coefficient (Wildman–Crippen LogP) is 4.70. The Morgan fingerprint density at radius 3 is 2.85 bits per heavy atom. The summed E-state index contributed by atoms with van der Waals surface area (Å²) in [6.07, 6.45) is 4.72. The maximum absolute atomic E-state index is 12.0. The molecule has 0 spiro atoms. The highest BCUT2D eigenvalue weighted by Gasteiger charge is 2.04. The van der Waals surface area contributed by atoms with E-state index in [0.717, 1.165) is 15.9 Å². The Kier molecular flexibility index (Phi) is 4.93. The number of rotatable bonds is 4. The van der Waals surface area contributed by atoms with E-state index in [2.05, 4.69) is 26.2 Å². The number of carbonyl (C=O) groups excluding carboxylic acids is 1. The summed E-state index contributed by atoms with van der Waals surface area (Å²) in [6.45, 7) is 1.83. The molecule has 0 atom stereocenters. The topological polar surface area (TPSA) is 42.0 Å². The molecule has 1 heterocycles. The van der Waals surface area contributed by atoms with E-state index in [9.17, 15) is 4.79 Å². The first-order chi connectivity index (χ1) is 9.56. The quantitative estimate of drug-likeness (QED) is 0.641. The summed E-state index contributed by atoms with van der Waals surface area (Å²) in [4.78, 5) is 15.9. The third-order valence-electron chi connectivity index (χ3n) is 2.55. The minimum Gasteiger partial charge on any atom is -0.359 e. The molecule has 5 heteroatoms. The van der Waals surface area contributed by atoms with E-state index in [1.54, 1.807) is 36.7 Å². The smallest absolute Gasteiger partial charge is 0.189 e. The molecular weight excluding hydrogens is 340 g/mol. The van der Waals surface area contributed by atoms with E-state index in [1.165, 1.54) is 0 Å². The van der Waals surface area contributed by atoms with E-state index < -0.39 is 0 Å². The zero-order valence-corrected chi connectivity index (χ0v) is 13.1. The maximum atomic E-state index is 12.0. The Hall–Kier alpha value is -1.65. The first kappa shape index (κ1) is 14.8. The van der Waals surface area contributed by atoms with Crippen molar-refractivity contribution in [2.75, 3.05) is 5.32 Å². The van der Waals surface area contributed by atoms with Gasteiger partial charge >= 0.3 is 0 Å². The predicted molar refractivity (Wildman–Crippen MR) is 85.1 cm³/mol. The van der Waals surface area contributed by atoms with Crippen molar-refractivity contribution in [3.8, 4) is 0 Å². The molecule has 1 aromatic carbocycles. The van der Waals surface area contributed by atoms with Gasteiger partial charge in [0.25, 0.3) is 0 Å². The van der Waals surface area contributed by atoms with E-state index in [-0.39, 0.29) is 5.78 Å². The summed E-state index contributed by atoms with van der Waals surface area (Å²) < 4.78 is 0.801. The van der Waals surface area contributed by atoms with Gasteiger partial charge in [0.2, 0.25) is 0 Å². The highest BCUT2D eigenvalue weighted by molar-refractivity contribution is 9.10. The third-order valence-corrected chi connectivity index (χ3v) is 3.77. The molecule has 0 saturated heterocycles.